The minimum atomic E-state index is -0.557. The number of hydrogen-bond acceptors (Lipinski definition) is 5. The Labute approximate surface area is 180 Å². The first kappa shape index (κ1) is 21.6. The average Bonchev–Trinajstić information content (AvgIpc) is 2.76. The molecule has 3 rings (SSSR count). The lowest BCUT2D eigenvalue weighted by Crippen LogP contribution is -2.17. The average molecular weight is 416 g/mol. The van der Waals surface area contributed by atoms with E-state index >= 15 is 0 Å². The number of nitrogen functional groups attached to an aromatic ring is 2. The van der Waals surface area contributed by atoms with E-state index in [-0.39, 0.29) is 34.1 Å². The summed E-state index contributed by atoms with van der Waals surface area (Å²) in [6, 6.07) is 16.0. The number of nitrogens with one attached hydrogen (secondary N) is 2. The summed E-state index contributed by atoms with van der Waals surface area (Å²) >= 11 is 0. The number of ketones is 1. The molecule has 0 spiro atoms. The van der Waals surface area contributed by atoms with Crippen molar-refractivity contribution in [1.82, 2.24) is 0 Å². The molecule has 0 fully saturated rings. The zero-order valence-corrected chi connectivity index (χ0v) is 17.3. The van der Waals surface area contributed by atoms with Crippen molar-refractivity contribution in [3.8, 4) is 5.75 Å². The molecule has 31 heavy (non-hydrogen) atoms. The van der Waals surface area contributed by atoms with E-state index in [9.17, 15) is 14.7 Å². The third-order valence-electron chi connectivity index (χ3n) is 4.96. The largest absolute Gasteiger partial charge is 0.507 e. The van der Waals surface area contributed by atoms with Crippen molar-refractivity contribution in [3.05, 3.63) is 88.5 Å². The molecule has 0 atom stereocenters. The second-order valence-electron chi connectivity index (χ2n) is 7.48. The van der Waals surface area contributed by atoms with Crippen LogP contribution in [0.25, 0.3) is 0 Å². The van der Waals surface area contributed by atoms with Gasteiger partial charge in [-0.15, -0.1) is 0 Å². The molecule has 3 aromatic rings. The van der Waals surface area contributed by atoms with Gasteiger partial charge >= 0.3 is 0 Å². The molecule has 3 aromatic carbocycles. The van der Waals surface area contributed by atoms with E-state index in [0.717, 1.165) is 5.56 Å². The van der Waals surface area contributed by atoms with E-state index in [2.05, 4.69) is 19.2 Å². The van der Waals surface area contributed by atoms with E-state index in [4.69, 9.17) is 16.9 Å². The molecule has 0 radical (unpaired) electrons. The zero-order chi connectivity index (χ0) is 22.7. The minimum absolute atomic E-state index is 0.0242. The minimum Gasteiger partial charge on any atom is -0.507 e. The Morgan fingerprint density at radius 1 is 0.968 bits per heavy atom. The number of aromatic hydroxyl groups is 1. The number of amides is 1. The van der Waals surface area contributed by atoms with Crippen LogP contribution in [0.3, 0.4) is 0 Å². The van der Waals surface area contributed by atoms with Crippen molar-refractivity contribution in [2.45, 2.75) is 19.8 Å². The molecule has 0 aliphatic carbocycles. The van der Waals surface area contributed by atoms with E-state index in [1.807, 2.05) is 12.1 Å². The lowest BCUT2D eigenvalue weighted by Gasteiger charge is -2.15. The van der Waals surface area contributed by atoms with Crippen molar-refractivity contribution in [2.75, 3.05) is 11.1 Å². The van der Waals surface area contributed by atoms with Crippen LogP contribution in [-0.2, 0) is 0 Å². The number of phenols is 1. The van der Waals surface area contributed by atoms with Crippen molar-refractivity contribution in [1.29, 1.82) is 5.41 Å². The number of hydrogen-bond donors (Lipinski definition) is 5. The Morgan fingerprint density at radius 2 is 1.61 bits per heavy atom. The molecule has 0 saturated heterocycles. The van der Waals surface area contributed by atoms with Crippen LogP contribution in [0.1, 0.15) is 57.2 Å². The number of nitrogens with two attached hydrogens (primary N) is 2. The summed E-state index contributed by atoms with van der Waals surface area (Å²) < 4.78 is 0. The van der Waals surface area contributed by atoms with Gasteiger partial charge in [-0.3, -0.25) is 15.0 Å². The Balaban J connectivity index is 1.99. The van der Waals surface area contributed by atoms with Crippen molar-refractivity contribution in [3.63, 3.8) is 0 Å². The van der Waals surface area contributed by atoms with E-state index < -0.39 is 11.7 Å². The first-order valence-corrected chi connectivity index (χ1v) is 9.71. The second-order valence-corrected chi connectivity index (χ2v) is 7.48. The summed E-state index contributed by atoms with van der Waals surface area (Å²) in [7, 11) is 0. The Kier molecular flexibility index (Phi) is 6.06. The molecule has 0 heterocycles. The van der Waals surface area contributed by atoms with Gasteiger partial charge in [0.05, 0.1) is 16.9 Å². The standard InChI is InChI=1S/C24H24N4O3/c1-13(2)14-6-8-15(9-7-14)24(31)28-21-18(25)10-11-19(29)20(21)22(30)16-4-3-5-17(12-16)23(26)27/h3-13,29H,25H2,1-2H3,(H3,26,27)(H,28,31). The molecule has 7 nitrogen and oxygen atoms in total. The van der Waals surface area contributed by atoms with E-state index in [0.29, 0.717) is 17.0 Å². The Bertz CT molecular complexity index is 1170. The topological polar surface area (TPSA) is 142 Å². The maximum Gasteiger partial charge on any atom is 0.255 e. The van der Waals surface area contributed by atoms with Crippen molar-refractivity contribution in [2.24, 2.45) is 5.73 Å². The molecule has 0 saturated carbocycles. The van der Waals surface area contributed by atoms with Crippen molar-refractivity contribution >= 4 is 28.9 Å². The SMILES string of the molecule is CC(C)c1ccc(C(=O)Nc2c(N)ccc(O)c2C(=O)c2cccc(C(=N)N)c2)cc1. The molecule has 0 aromatic heterocycles. The van der Waals surface area contributed by atoms with Crippen LogP contribution in [-0.4, -0.2) is 22.6 Å². The summed E-state index contributed by atoms with van der Waals surface area (Å²) in [4.78, 5) is 26.0. The van der Waals surface area contributed by atoms with Gasteiger partial charge in [-0.05, 0) is 41.8 Å². The summed E-state index contributed by atoms with van der Waals surface area (Å²) in [6.45, 7) is 4.11. The third kappa shape index (κ3) is 4.56. The van der Waals surface area contributed by atoms with Gasteiger partial charge in [0.25, 0.3) is 5.91 Å². The molecule has 0 aliphatic rings. The van der Waals surface area contributed by atoms with Crippen LogP contribution < -0.4 is 16.8 Å². The van der Waals surface area contributed by atoms with Gasteiger partial charge in [0.2, 0.25) is 0 Å². The Morgan fingerprint density at radius 3 is 2.23 bits per heavy atom. The summed E-state index contributed by atoms with van der Waals surface area (Å²) in [5.74, 6) is -1.20. The van der Waals surface area contributed by atoms with Crippen LogP contribution in [0.2, 0.25) is 0 Å². The first-order valence-electron chi connectivity index (χ1n) is 9.71. The first-order chi connectivity index (χ1) is 14.7. The smallest absolute Gasteiger partial charge is 0.255 e. The van der Waals surface area contributed by atoms with Gasteiger partial charge in [-0.25, -0.2) is 0 Å². The summed E-state index contributed by atoms with van der Waals surface area (Å²) in [6.07, 6.45) is 0. The quantitative estimate of drug-likeness (QED) is 0.136. The monoisotopic (exact) mass is 416 g/mol. The predicted molar refractivity (Wildman–Crippen MR) is 122 cm³/mol. The third-order valence-corrected chi connectivity index (χ3v) is 4.96. The van der Waals surface area contributed by atoms with Crippen LogP contribution in [0, 0.1) is 5.41 Å². The number of benzene rings is 3. The van der Waals surface area contributed by atoms with Gasteiger partial charge in [0.15, 0.2) is 5.78 Å². The second kappa shape index (κ2) is 8.71. The molecule has 0 aliphatic heterocycles. The summed E-state index contributed by atoms with van der Waals surface area (Å²) in [5, 5.41) is 20.6. The van der Waals surface area contributed by atoms with Crippen LogP contribution in [0.4, 0.5) is 11.4 Å². The maximum absolute atomic E-state index is 13.2. The number of amidine groups is 1. The highest BCUT2D eigenvalue weighted by atomic mass is 16.3. The lowest BCUT2D eigenvalue weighted by atomic mass is 9.97. The Hall–Kier alpha value is -4.13. The van der Waals surface area contributed by atoms with Gasteiger partial charge in [0.1, 0.15) is 11.6 Å². The van der Waals surface area contributed by atoms with E-state index in [1.165, 1.54) is 24.3 Å². The van der Waals surface area contributed by atoms with Crippen molar-refractivity contribution < 1.29 is 14.7 Å². The van der Waals surface area contributed by atoms with Crippen LogP contribution in [0.15, 0.2) is 60.7 Å². The van der Waals surface area contributed by atoms with Crippen LogP contribution in [0.5, 0.6) is 5.75 Å². The summed E-state index contributed by atoms with van der Waals surface area (Å²) in [5.41, 5.74) is 13.6. The molecule has 0 bridgehead atoms. The van der Waals surface area contributed by atoms with Gasteiger partial charge in [0, 0.05) is 16.7 Å². The zero-order valence-electron chi connectivity index (χ0n) is 17.3. The van der Waals surface area contributed by atoms with Gasteiger partial charge in [-0.2, -0.15) is 0 Å². The number of anilines is 2. The number of carbonyl (C=O) groups excluding carboxylic acids is 2. The molecule has 158 valence electrons. The predicted octanol–water partition coefficient (Wildman–Crippen LogP) is 3.87. The molecule has 7 N–H and O–H groups in total. The molecular formula is C24H24N4O3. The fourth-order valence-corrected chi connectivity index (χ4v) is 3.15. The van der Waals surface area contributed by atoms with Gasteiger partial charge < -0.3 is 21.9 Å². The molecule has 0 unspecified atom stereocenters. The number of rotatable bonds is 6. The fraction of sp³-hybridized carbons (Fsp3) is 0.125. The molecular weight excluding hydrogens is 392 g/mol. The van der Waals surface area contributed by atoms with Crippen LogP contribution >= 0.6 is 0 Å². The highest BCUT2D eigenvalue weighted by molar-refractivity contribution is 6.19. The number of phenolic OH excluding ortho intramolecular Hbond substituents is 1. The number of carbonyl (C=O) groups is 2. The molecule has 7 heteroatoms. The van der Waals surface area contributed by atoms with Gasteiger partial charge in [-0.1, -0.05) is 44.2 Å². The van der Waals surface area contributed by atoms with E-state index in [1.54, 1.807) is 24.3 Å². The highest BCUT2D eigenvalue weighted by Crippen LogP contribution is 2.34. The highest BCUT2D eigenvalue weighted by Gasteiger charge is 2.23. The normalized spacial score (nSPS) is 10.7. The lowest BCUT2D eigenvalue weighted by molar-refractivity contribution is 0.102. The molecule has 1 amide bonds. The maximum atomic E-state index is 13.2. The fourth-order valence-electron chi connectivity index (χ4n) is 3.15.